The normalized spacial score (nSPS) is 41.1. The molecule has 27 heavy (non-hydrogen) atoms. The van der Waals surface area contributed by atoms with E-state index in [-0.39, 0.29) is 35.5 Å². The number of ether oxygens (including phenoxy) is 1. The number of esters is 1. The number of aliphatic hydroxyl groups excluding tert-OH is 3. The molecule has 1 saturated carbocycles. The van der Waals surface area contributed by atoms with Crippen LogP contribution in [0.2, 0.25) is 0 Å². The predicted octanol–water partition coefficient (Wildman–Crippen LogP) is 0.988. The summed E-state index contributed by atoms with van der Waals surface area (Å²) in [7, 11) is 0. The van der Waals surface area contributed by atoms with Crippen LogP contribution in [0.5, 0.6) is 0 Å². The smallest absolute Gasteiger partial charge is 0.317 e. The van der Waals surface area contributed by atoms with Crippen molar-refractivity contribution in [2.75, 3.05) is 6.61 Å². The lowest BCUT2D eigenvalue weighted by molar-refractivity contribution is -0.220. The largest absolute Gasteiger partial charge is 0.507 e. The van der Waals surface area contributed by atoms with Gasteiger partial charge in [-0.1, -0.05) is 27.2 Å². The molecule has 0 amide bonds. The number of carbonyl (C=O) groups is 3. The Hall–Kier alpha value is -1.99. The van der Waals surface area contributed by atoms with Crippen molar-refractivity contribution in [1.29, 1.82) is 0 Å². The van der Waals surface area contributed by atoms with E-state index in [0.717, 1.165) is 0 Å². The van der Waals surface area contributed by atoms with Gasteiger partial charge >= 0.3 is 5.97 Å². The number of hydrogen-bond acceptors (Lipinski definition) is 7. The quantitative estimate of drug-likeness (QED) is 0.373. The van der Waals surface area contributed by atoms with E-state index in [2.05, 4.69) is 0 Å². The summed E-state index contributed by atoms with van der Waals surface area (Å²) < 4.78 is 5.46. The van der Waals surface area contributed by atoms with Crippen molar-refractivity contribution in [2.45, 2.75) is 52.2 Å². The lowest BCUT2D eigenvalue weighted by atomic mass is 9.45. The summed E-state index contributed by atoms with van der Waals surface area (Å²) in [5.41, 5.74) is -2.26. The van der Waals surface area contributed by atoms with Crippen LogP contribution in [-0.2, 0) is 19.1 Å². The van der Waals surface area contributed by atoms with Crippen LogP contribution in [0.15, 0.2) is 22.5 Å². The number of carbonyl (C=O) groups excluding carboxylic acids is 3. The van der Waals surface area contributed by atoms with E-state index in [4.69, 9.17) is 4.74 Å². The van der Waals surface area contributed by atoms with Crippen molar-refractivity contribution in [3.8, 4) is 0 Å². The van der Waals surface area contributed by atoms with E-state index < -0.39 is 52.4 Å². The molecule has 5 atom stereocenters. The standard InChI is InChI=1S/C20H24O7/c1-8(2)9-12(22)10-11(14(24)13(9)23)20-6-4-5-19(3,7-21)17(20)15(25)16(10)27-18(20)26/h8,15-17,21-22,25H,4-7H2,1-3H3. The molecule has 1 saturated heterocycles. The maximum absolute atomic E-state index is 13.1. The monoisotopic (exact) mass is 376 g/mol. The first kappa shape index (κ1) is 18.4. The molecule has 0 aromatic heterocycles. The van der Waals surface area contributed by atoms with Crippen molar-refractivity contribution in [2.24, 2.45) is 22.7 Å². The molecule has 7 heteroatoms. The summed E-state index contributed by atoms with van der Waals surface area (Å²) >= 11 is 0. The van der Waals surface area contributed by atoms with Gasteiger partial charge in [0.05, 0.1) is 0 Å². The molecule has 2 bridgehead atoms. The molecule has 3 N–H and O–H groups in total. The first-order valence-electron chi connectivity index (χ1n) is 9.39. The van der Waals surface area contributed by atoms with Crippen LogP contribution in [0, 0.1) is 22.7 Å². The second-order valence-electron chi connectivity index (χ2n) is 8.80. The van der Waals surface area contributed by atoms with E-state index >= 15 is 0 Å². The first-order valence-corrected chi connectivity index (χ1v) is 9.39. The summed E-state index contributed by atoms with van der Waals surface area (Å²) in [5, 5.41) is 31.9. The Labute approximate surface area is 156 Å². The second kappa shape index (κ2) is 5.52. The van der Waals surface area contributed by atoms with Gasteiger partial charge in [0.15, 0.2) is 6.10 Å². The average molecular weight is 376 g/mol. The molecule has 5 rings (SSSR count). The van der Waals surface area contributed by atoms with Crippen LogP contribution in [0.3, 0.4) is 0 Å². The van der Waals surface area contributed by atoms with Crippen molar-refractivity contribution in [1.82, 2.24) is 0 Å². The Morgan fingerprint density at radius 2 is 1.85 bits per heavy atom. The highest BCUT2D eigenvalue weighted by molar-refractivity contribution is 6.51. The fourth-order valence-electron chi connectivity index (χ4n) is 5.85. The van der Waals surface area contributed by atoms with Crippen LogP contribution in [0.4, 0.5) is 0 Å². The minimum absolute atomic E-state index is 0.0109. The molecule has 0 radical (unpaired) electrons. The van der Waals surface area contributed by atoms with Gasteiger partial charge in [-0.2, -0.15) is 0 Å². The third-order valence-corrected chi connectivity index (χ3v) is 6.98. The molecule has 3 aliphatic carbocycles. The minimum atomic E-state index is -1.51. The zero-order chi connectivity index (χ0) is 19.9. The van der Waals surface area contributed by atoms with Crippen LogP contribution < -0.4 is 0 Å². The van der Waals surface area contributed by atoms with E-state index in [1.807, 2.05) is 0 Å². The minimum Gasteiger partial charge on any atom is -0.507 e. The van der Waals surface area contributed by atoms with Gasteiger partial charge < -0.3 is 20.1 Å². The van der Waals surface area contributed by atoms with Crippen molar-refractivity contribution in [3.05, 3.63) is 22.5 Å². The highest BCUT2D eigenvalue weighted by Crippen LogP contribution is 2.65. The number of Topliss-reactive ketones (excluding diaryl/α,β-unsaturated/α-hetero) is 2. The van der Waals surface area contributed by atoms with E-state index in [1.54, 1.807) is 20.8 Å². The molecule has 7 nitrogen and oxygen atoms in total. The molecular formula is C20H24O7. The molecule has 2 heterocycles. The molecule has 146 valence electrons. The summed E-state index contributed by atoms with van der Waals surface area (Å²) in [5.74, 6) is -3.75. The number of hydrogen-bond donors (Lipinski definition) is 3. The van der Waals surface area contributed by atoms with Gasteiger partial charge in [-0.3, -0.25) is 14.4 Å². The first-order chi connectivity index (χ1) is 12.6. The molecule has 5 aliphatic rings. The van der Waals surface area contributed by atoms with Crippen molar-refractivity contribution < 1.29 is 34.4 Å². The molecular weight excluding hydrogens is 352 g/mol. The fourth-order valence-corrected chi connectivity index (χ4v) is 5.85. The third-order valence-electron chi connectivity index (χ3n) is 6.98. The topological polar surface area (TPSA) is 121 Å². The Balaban J connectivity index is 2.05. The zero-order valence-corrected chi connectivity index (χ0v) is 15.6. The van der Waals surface area contributed by atoms with Gasteiger partial charge in [0.2, 0.25) is 11.6 Å². The molecule has 0 aromatic carbocycles. The average Bonchev–Trinajstić information content (AvgIpc) is 2.60. The van der Waals surface area contributed by atoms with E-state index in [0.29, 0.717) is 12.8 Å². The lowest BCUT2D eigenvalue weighted by Gasteiger charge is -2.61. The summed E-state index contributed by atoms with van der Waals surface area (Å²) in [6.45, 7) is 4.90. The van der Waals surface area contributed by atoms with Gasteiger partial charge in [-0.15, -0.1) is 0 Å². The maximum Gasteiger partial charge on any atom is 0.317 e. The highest BCUT2D eigenvalue weighted by Gasteiger charge is 2.72. The SMILES string of the molecule is CC(C)C1=C(O)C2=C(C(=O)C1=O)C13CCCC(C)(CO)C1C(O)C2OC3=O. The zero-order valence-electron chi connectivity index (χ0n) is 15.6. The van der Waals surface area contributed by atoms with Gasteiger partial charge in [-0.25, -0.2) is 0 Å². The Morgan fingerprint density at radius 3 is 2.44 bits per heavy atom. The molecule has 0 aromatic rings. The molecule has 2 aliphatic heterocycles. The molecule has 1 spiro atoms. The third kappa shape index (κ3) is 1.96. The Morgan fingerprint density at radius 1 is 1.19 bits per heavy atom. The Kier molecular flexibility index (Phi) is 3.75. The van der Waals surface area contributed by atoms with Crippen LogP contribution in [0.25, 0.3) is 0 Å². The number of fused-ring (bicyclic) bond motifs is 1. The van der Waals surface area contributed by atoms with Gasteiger partial charge in [-0.05, 0) is 24.2 Å². The fraction of sp³-hybridized carbons (Fsp3) is 0.650. The summed E-state index contributed by atoms with van der Waals surface area (Å²) in [4.78, 5) is 38.8. The number of aliphatic hydroxyl groups is 3. The van der Waals surface area contributed by atoms with Crippen LogP contribution in [0.1, 0.15) is 40.0 Å². The number of ketones is 2. The van der Waals surface area contributed by atoms with Gasteiger partial charge in [0, 0.05) is 29.2 Å². The van der Waals surface area contributed by atoms with Crippen molar-refractivity contribution >= 4 is 17.5 Å². The van der Waals surface area contributed by atoms with E-state index in [9.17, 15) is 29.7 Å². The van der Waals surface area contributed by atoms with Crippen LogP contribution >= 0.6 is 0 Å². The number of rotatable bonds is 2. The predicted molar refractivity (Wildman–Crippen MR) is 92.4 cm³/mol. The number of allylic oxidation sites excluding steroid dienone is 1. The van der Waals surface area contributed by atoms with Gasteiger partial charge in [0.1, 0.15) is 17.3 Å². The van der Waals surface area contributed by atoms with E-state index in [1.165, 1.54) is 0 Å². The summed E-state index contributed by atoms with van der Waals surface area (Å²) in [6, 6.07) is 0. The van der Waals surface area contributed by atoms with Crippen LogP contribution in [-0.4, -0.2) is 51.7 Å². The maximum atomic E-state index is 13.1. The second-order valence-corrected chi connectivity index (χ2v) is 8.80. The van der Waals surface area contributed by atoms with Gasteiger partial charge in [0.25, 0.3) is 0 Å². The summed E-state index contributed by atoms with van der Waals surface area (Å²) in [6.07, 6.45) is -1.04. The van der Waals surface area contributed by atoms with Crippen molar-refractivity contribution in [3.63, 3.8) is 0 Å². The molecule has 5 unspecified atom stereocenters. The Bertz CT molecular complexity index is 835. The molecule has 2 fully saturated rings. The lowest BCUT2D eigenvalue weighted by Crippen LogP contribution is -2.69. The highest BCUT2D eigenvalue weighted by atomic mass is 16.6.